The molecule has 0 aliphatic rings. The summed E-state index contributed by atoms with van der Waals surface area (Å²) in [5.74, 6) is 2.23. The Labute approximate surface area is 84.9 Å². The van der Waals surface area contributed by atoms with Gasteiger partial charge in [0.05, 0.1) is 4.90 Å². The van der Waals surface area contributed by atoms with Gasteiger partial charge in [-0.1, -0.05) is 23.6 Å². The fourth-order valence-corrected chi connectivity index (χ4v) is 2.12. The average Bonchev–Trinajstić information content (AvgIpc) is 2.17. The van der Waals surface area contributed by atoms with Gasteiger partial charge in [-0.15, -0.1) is 6.42 Å². The molecule has 0 amide bonds. The highest BCUT2D eigenvalue weighted by Gasteiger charge is 2.20. The van der Waals surface area contributed by atoms with Crippen molar-refractivity contribution in [2.75, 3.05) is 0 Å². The maximum absolute atomic E-state index is 11.7. The van der Waals surface area contributed by atoms with Crippen molar-refractivity contribution in [1.82, 2.24) is 0 Å². The molecule has 0 saturated heterocycles. The lowest BCUT2D eigenvalue weighted by atomic mass is 10.2. The Bertz CT molecular complexity index is 449. The first-order valence-corrected chi connectivity index (χ1v) is 5.80. The Morgan fingerprint density at radius 2 is 1.79 bits per heavy atom. The molecule has 14 heavy (non-hydrogen) atoms. The molecular weight excluding hydrogens is 196 g/mol. The number of terminal acetylenes is 1. The summed E-state index contributed by atoms with van der Waals surface area (Å²) in [4.78, 5) is 0.286. The van der Waals surface area contributed by atoms with Crippen LogP contribution in [0.5, 0.6) is 0 Å². The molecule has 0 N–H and O–H groups in total. The molecule has 0 radical (unpaired) electrons. The second-order valence-corrected chi connectivity index (χ2v) is 5.44. The highest BCUT2D eigenvalue weighted by molar-refractivity contribution is 7.92. The summed E-state index contributed by atoms with van der Waals surface area (Å²) in [6.45, 7) is 3.41. The lowest BCUT2D eigenvalue weighted by molar-refractivity contribution is 0.592. The number of hydrogen-bond acceptors (Lipinski definition) is 2. The number of benzene rings is 1. The molecule has 1 aromatic rings. The Balaban J connectivity index is 3.19. The third-order valence-corrected chi connectivity index (χ3v) is 4.05. The monoisotopic (exact) mass is 208 g/mol. The molecule has 0 spiro atoms. The first kappa shape index (κ1) is 10.8. The van der Waals surface area contributed by atoms with Crippen LogP contribution in [0.2, 0.25) is 0 Å². The van der Waals surface area contributed by atoms with Crippen LogP contribution < -0.4 is 0 Å². The predicted molar refractivity (Wildman–Crippen MR) is 56.7 cm³/mol. The van der Waals surface area contributed by atoms with Crippen LogP contribution in [-0.2, 0) is 9.84 Å². The van der Waals surface area contributed by atoms with Crippen LogP contribution in [0.3, 0.4) is 0 Å². The number of rotatable bonds is 2. The van der Waals surface area contributed by atoms with E-state index in [1.165, 1.54) is 6.92 Å². The van der Waals surface area contributed by atoms with Gasteiger partial charge in [0.25, 0.3) is 0 Å². The summed E-state index contributed by atoms with van der Waals surface area (Å²) in [5.41, 5.74) is 1.03. The van der Waals surface area contributed by atoms with Gasteiger partial charge >= 0.3 is 0 Å². The molecular formula is C11H12O2S. The van der Waals surface area contributed by atoms with E-state index in [4.69, 9.17) is 6.42 Å². The van der Waals surface area contributed by atoms with E-state index in [1.807, 2.05) is 6.92 Å². The maximum atomic E-state index is 11.7. The summed E-state index contributed by atoms with van der Waals surface area (Å²) in [7, 11) is -3.34. The van der Waals surface area contributed by atoms with Crippen molar-refractivity contribution < 1.29 is 8.42 Å². The van der Waals surface area contributed by atoms with Crippen molar-refractivity contribution in [2.45, 2.75) is 24.0 Å². The van der Waals surface area contributed by atoms with Crippen LogP contribution in [0.1, 0.15) is 12.5 Å². The Hall–Kier alpha value is -1.27. The summed E-state index contributed by atoms with van der Waals surface area (Å²) in [6.07, 6.45) is 5.10. The molecule has 0 aromatic heterocycles. The van der Waals surface area contributed by atoms with Gasteiger partial charge in [0.2, 0.25) is 0 Å². The maximum Gasteiger partial charge on any atom is 0.192 e. The number of sulfone groups is 1. The fourth-order valence-electron chi connectivity index (χ4n) is 1.02. The predicted octanol–water partition coefficient (Wildman–Crippen LogP) is 1.79. The van der Waals surface area contributed by atoms with Crippen LogP contribution in [-0.4, -0.2) is 13.7 Å². The average molecular weight is 208 g/mol. The molecule has 1 rings (SSSR count). The third kappa shape index (κ3) is 1.97. The van der Waals surface area contributed by atoms with Crippen LogP contribution in [0.25, 0.3) is 0 Å². The highest BCUT2D eigenvalue weighted by atomic mass is 32.2. The van der Waals surface area contributed by atoms with Crippen molar-refractivity contribution in [3.05, 3.63) is 29.8 Å². The van der Waals surface area contributed by atoms with E-state index in [0.717, 1.165) is 5.56 Å². The summed E-state index contributed by atoms with van der Waals surface area (Å²) in [5, 5.41) is -0.773. The zero-order valence-corrected chi connectivity index (χ0v) is 9.01. The van der Waals surface area contributed by atoms with Crippen LogP contribution >= 0.6 is 0 Å². The summed E-state index contributed by atoms with van der Waals surface area (Å²) in [6, 6.07) is 6.68. The lowest BCUT2D eigenvalue weighted by Gasteiger charge is -2.06. The summed E-state index contributed by atoms with van der Waals surface area (Å²) < 4.78 is 23.5. The van der Waals surface area contributed by atoms with E-state index in [0.29, 0.717) is 0 Å². The van der Waals surface area contributed by atoms with Gasteiger partial charge in [-0.2, -0.15) is 0 Å². The van der Waals surface area contributed by atoms with Gasteiger partial charge in [0, 0.05) is 0 Å². The summed E-state index contributed by atoms with van der Waals surface area (Å²) >= 11 is 0. The number of hydrogen-bond donors (Lipinski definition) is 0. The number of aryl methyl sites for hydroxylation is 1. The van der Waals surface area contributed by atoms with Gasteiger partial charge in [-0.05, 0) is 26.0 Å². The Kier molecular flexibility index (Phi) is 2.97. The van der Waals surface area contributed by atoms with Gasteiger partial charge in [0.15, 0.2) is 9.84 Å². The van der Waals surface area contributed by atoms with E-state index in [2.05, 4.69) is 5.92 Å². The molecule has 3 heteroatoms. The Morgan fingerprint density at radius 3 is 2.21 bits per heavy atom. The molecule has 1 unspecified atom stereocenters. The molecule has 0 heterocycles. The smallest absolute Gasteiger partial charge is 0.192 e. The first-order valence-electron chi connectivity index (χ1n) is 4.25. The standard InChI is InChI=1S/C11H12O2S/c1-4-10(3)14(12,13)11-7-5-9(2)6-8-11/h1,5-8,10H,2-3H3. The van der Waals surface area contributed by atoms with E-state index in [1.54, 1.807) is 24.3 Å². The highest BCUT2D eigenvalue weighted by Crippen LogP contribution is 2.15. The fraction of sp³-hybridized carbons (Fsp3) is 0.273. The second kappa shape index (κ2) is 3.85. The van der Waals surface area contributed by atoms with E-state index in [-0.39, 0.29) is 4.90 Å². The largest absolute Gasteiger partial charge is 0.222 e. The van der Waals surface area contributed by atoms with Crippen molar-refractivity contribution >= 4 is 9.84 Å². The molecule has 0 bridgehead atoms. The van der Waals surface area contributed by atoms with Crippen molar-refractivity contribution in [1.29, 1.82) is 0 Å². The van der Waals surface area contributed by atoms with E-state index in [9.17, 15) is 8.42 Å². The second-order valence-electron chi connectivity index (χ2n) is 3.17. The van der Waals surface area contributed by atoms with Crippen molar-refractivity contribution in [2.24, 2.45) is 0 Å². The van der Waals surface area contributed by atoms with Gasteiger partial charge in [-0.3, -0.25) is 0 Å². The normalized spacial score (nSPS) is 13.2. The molecule has 1 atom stereocenters. The van der Waals surface area contributed by atoms with Crippen LogP contribution in [0.15, 0.2) is 29.2 Å². The van der Waals surface area contributed by atoms with E-state index < -0.39 is 15.1 Å². The molecule has 2 nitrogen and oxygen atoms in total. The molecule has 0 saturated carbocycles. The molecule has 0 fully saturated rings. The minimum atomic E-state index is -3.34. The van der Waals surface area contributed by atoms with E-state index >= 15 is 0 Å². The minimum Gasteiger partial charge on any atom is -0.222 e. The topological polar surface area (TPSA) is 34.1 Å². The molecule has 0 aliphatic carbocycles. The van der Waals surface area contributed by atoms with Gasteiger partial charge in [-0.25, -0.2) is 8.42 Å². The van der Waals surface area contributed by atoms with Crippen molar-refractivity contribution in [3.8, 4) is 12.3 Å². The van der Waals surface area contributed by atoms with Crippen LogP contribution in [0, 0.1) is 19.3 Å². The molecule has 0 aliphatic heterocycles. The third-order valence-electron chi connectivity index (χ3n) is 2.05. The zero-order chi connectivity index (χ0) is 10.8. The lowest BCUT2D eigenvalue weighted by Crippen LogP contribution is -2.15. The van der Waals surface area contributed by atoms with Gasteiger partial charge in [0.1, 0.15) is 5.25 Å². The van der Waals surface area contributed by atoms with Crippen molar-refractivity contribution in [3.63, 3.8) is 0 Å². The molecule has 74 valence electrons. The van der Waals surface area contributed by atoms with Crippen LogP contribution in [0.4, 0.5) is 0 Å². The zero-order valence-electron chi connectivity index (χ0n) is 8.19. The quantitative estimate of drug-likeness (QED) is 0.694. The first-order chi connectivity index (χ1) is 6.48. The van der Waals surface area contributed by atoms with Gasteiger partial charge < -0.3 is 0 Å². The molecule has 1 aromatic carbocycles. The Morgan fingerprint density at radius 1 is 1.29 bits per heavy atom. The SMILES string of the molecule is C#CC(C)S(=O)(=O)c1ccc(C)cc1. The minimum absolute atomic E-state index is 0.286.